The predicted octanol–water partition coefficient (Wildman–Crippen LogP) is 3.60. The molecule has 2 aromatic rings. The summed E-state index contributed by atoms with van der Waals surface area (Å²) in [4.78, 5) is 149. The maximum Gasteiger partial charge on any atom is 0.326 e. The van der Waals surface area contributed by atoms with Crippen molar-refractivity contribution in [1.29, 1.82) is 0 Å². The van der Waals surface area contributed by atoms with Crippen molar-refractivity contribution < 1.29 is 83.0 Å². The number of aliphatic carboxylic acids is 1. The van der Waals surface area contributed by atoms with Gasteiger partial charge in [-0.1, -0.05) is 49.2 Å². The van der Waals surface area contributed by atoms with E-state index in [1.165, 1.54) is 31.2 Å². The van der Waals surface area contributed by atoms with E-state index in [2.05, 4.69) is 21.3 Å². The van der Waals surface area contributed by atoms with E-state index in [0.717, 1.165) is 22.6 Å². The van der Waals surface area contributed by atoms with Gasteiger partial charge in [-0.05, 0) is 101 Å². The number of carbonyl (C=O) groups is 12. The smallest absolute Gasteiger partial charge is 0.326 e. The number of ketones is 2. The first-order valence-electron chi connectivity index (χ1n) is 27.9. The Labute approximate surface area is 477 Å². The normalized spacial score (nSPS) is 12.5. The predicted molar refractivity (Wildman–Crippen MR) is 293 cm³/mol. The number of benzene rings is 2. The quantitative estimate of drug-likeness (QED) is 0.0203. The number of carboxylic acid groups (broad SMARTS) is 1. The number of imide groups is 1. The number of amides is 9. The molecule has 25 heteroatoms. The van der Waals surface area contributed by atoms with Gasteiger partial charge < -0.3 is 31.1 Å². The molecule has 3 rings (SSSR count). The number of unbranched alkanes of at least 4 members (excludes halogenated alkanes) is 8. The van der Waals surface area contributed by atoms with Crippen LogP contribution in [0.1, 0.15) is 145 Å². The molecular formula is C57H80N8O17. The fourth-order valence-electron chi connectivity index (χ4n) is 8.39. The van der Waals surface area contributed by atoms with Crippen molar-refractivity contribution in [2.45, 2.75) is 141 Å². The molecule has 25 nitrogen and oxygen atoms in total. The molecular weight excluding hydrogens is 1070 g/mol. The van der Waals surface area contributed by atoms with E-state index >= 15 is 0 Å². The maximum atomic E-state index is 13.5. The van der Waals surface area contributed by atoms with E-state index in [1.54, 1.807) is 30.3 Å². The standard InChI is InChI=1S/C57H80N8O17/c1-41(66)63(79)33-14-5-11-30-58-49(69)25-27-54(74)65(81)34-13-3-2-9-21-45(67)24-26-53(73)64(80)35-15-6-12-31-59-50(70)40-82-47-22-17-20-43(38-47)55(75)60-39-46(68)37-44(36-42-18-7-4-8-19-42)56(76)61-48(57(77)78)23-10-16-32-62-51(71)28-29-52(62)72/h4,7-8,17-20,22,28-29,38,44,48,79-81H,2-3,5-6,9-16,21,23-27,30-37,39-40H2,1H3,(H,58,69)(H,59,70)(H,60,75)(H,61,76)(H,77,78)/t44-,48+/m1/s1. The van der Waals surface area contributed by atoms with E-state index in [1.807, 2.05) is 0 Å². The van der Waals surface area contributed by atoms with E-state index in [9.17, 15) is 78.3 Å². The number of Topliss-reactive ketones (excluding diaryl/α,β-unsaturated/α-hetero) is 2. The minimum Gasteiger partial charge on any atom is -0.484 e. The van der Waals surface area contributed by atoms with Crippen LogP contribution in [0.2, 0.25) is 0 Å². The van der Waals surface area contributed by atoms with Crippen LogP contribution in [0.4, 0.5) is 0 Å². The number of hydroxylamine groups is 6. The molecule has 0 unspecified atom stereocenters. The minimum atomic E-state index is -1.30. The van der Waals surface area contributed by atoms with Crippen molar-refractivity contribution in [2.75, 3.05) is 52.4 Å². The molecule has 9 amide bonds. The van der Waals surface area contributed by atoms with Crippen LogP contribution in [0.3, 0.4) is 0 Å². The molecule has 1 aliphatic rings. The number of nitrogens with one attached hydrogen (secondary N) is 4. The van der Waals surface area contributed by atoms with E-state index in [0.29, 0.717) is 92.4 Å². The molecule has 0 aliphatic carbocycles. The summed E-state index contributed by atoms with van der Waals surface area (Å²) < 4.78 is 5.58. The van der Waals surface area contributed by atoms with Crippen molar-refractivity contribution in [1.82, 2.24) is 41.4 Å². The largest absolute Gasteiger partial charge is 0.484 e. The summed E-state index contributed by atoms with van der Waals surface area (Å²) in [5, 5.41) is 51.7. The molecule has 0 radical (unpaired) electrons. The Morgan fingerprint density at radius 3 is 1.80 bits per heavy atom. The van der Waals surface area contributed by atoms with Gasteiger partial charge >= 0.3 is 5.97 Å². The van der Waals surface area contributed by atoms with Gasteiger partial charge in [0.15, 0.2) is 12.4 Å². The Morgan fingerprint density at radius 1 is 0.598 bits per heavy atom. The molecule has 0 fully saturated rings. The second-order valence-electron chi connectivity index (χ2n) is 19.9. The monoisotopic (exact) mass is 1150 g/mol. The first kappa shape index (κ1) is 68.4. The van der Waals surface area contributed by atoms with Gasteiger partial charge in [0, 0.05) is 108 Å². The summed E-state index contributed by atoms with van der Waals surface area (Å²) in [5.41, 5.74) is 0.855. The minimum absolute atomic E-state index is 0.0127. The Morgan fingerprint density at radius 2 is 1.18 bits per heavy atom. The highest BCUT2D eigenvalue weighted by Gasteiger charge is 2.29. The molecule has 0 saturated carbocycles. The summed E-state index contributed by atoms with van der Waals surface area (Å²) >= 11 is 0. The number of rotatable bonds is 43. The summed E-state index contributed by atoms with van der Waals surface area (Å²) in [6, 6.07) is 13.5. The topological polar surface area (TPSA) is 356 Å². The Balaban J connectivity index is 1.24. The molecule has 82 heavy (non-hydrogen) atoms. The highest BCUT2D eigenvalue weighted by atomic mass is 16.5. The zero-order chi connectivity index (χ0) is 60.2. The third-order valence-corrected chi connectivity index (χ3v) is 13.2. The van der Waals surface area contributed by atoms with Crippen molar-refractivity contribution in [2.24, 2.45) is 5.92 Å². The van der Waals surface area contributed by atoms with Crippen LogP contribution in [0.25, 0.3) is 0 Å². The number of ether oxygens (including phenoxy) is 1. The highest BCUT2D eigenvalue weighted by molar-refractivity contribution is 6.12. The zero-order valence-electron chi connectivity index (χ0n) is 46.7. The zero-order valence-corrected chi connectivity index (χ0v) is 46.7. The van der Waals surface area contributed by atoms with Gasteiger partial charge in [0.05, 0.1) is 6.54 Å². The second kappa shape index (κ2) is 38.7. The number of nitrogens with zero attached hydrogens (tertiary/aromatic N) is 4. The number of carbonyl (C=O) groups excluding carboxylic acids is 11. The van der Waals surface area contributed by atoms with Crippen LogP contribution in [0, 0.1) is 5.92 Å². The molecule has 0 bridgehead atoms. The SMILES string of the molecule is CC(=O)N(O)CCCCCNC(=O)CCC(=O)N(O)CCCCCCC(=O)CCC(=O)N(O)CCCCCNC(=O)COc1cccc(C(=O)NCC(=O)C[C@@H](Cc2ccccc2)C(=O)N[C@@H](CCCCN2C(=O)C=CC2=O)C(=O)O)c1. The Hall–Kier alpha value is -7.90. The van der Waals surface area contributed by atoms with E-state index in [4.69, 9.17) is 4.74 Å². The summed E-state index contributed by atoms with van der Waals surface area (Å²) in [7, 11) is 0. The molecule has 2 aromatic carbocycles. The Kier molecular flexibility index (Phi) is 32.3. The van der Waals surface area contributed by atoms with Crippen LogP contribution in [0.15, 0.2) is 66.7 Å². The molecule has 0 aromatic heterocycles. The third-order valence-electron chi connectivity index (χ3n) is 13.2. The van der Waals surface area contributed by atoms with Gasteiger partial charge in [0.1, 0.15) is 17.6 Å². The van der Waals surface area contributed by atoms with Crippen LogP contribution in [-0.2, 0) is 59.2 Å². The fraction of sp³-hybridized carbons (Fsp3) is 0.544. The number of carboxylic acids is 1. The van der Waals surface area contributed by atoms with E-state index < -0.39 is 77.5 Å². The van der Waals surface area contributed by atoms with E-state index in [-0.39, 0.29) is 120 Å². The molecule has 1 aliphatic heterocycles. The summed E-state index contributed by atoms with van der Waals surface area (Å²) in [6.45, 7) is 1.54. The molecule has 8 N–H and O–H groups in total. The fourth-order valence-corrected chi connectivity index (χ4v) is 8.39. The lowest BCUT2D eigenvalue weighted by Crippen LogP contribution is -2.45. The van der Waals surface area contributed by atoms with Crippen molar-refractivity contribution in [3.63, 3.8) is 0 Å². The van der Waals surface area contributed by atoms with Crippen molar-refractivity contribution >= 4 is 70.7 Å². The van der Waals surface area contributed by atoms with Gasteiger partial charge in [-0.2, -0.15) is 0 Å². The highest BCUT2D eigenvalue weighted by Crippen LogP contribution is 2.17. The summed E-state index contributed by atoms with van der Waals surface area (Å²) in [5.74, 6) is -7.26. The lowest BCUT2D eigenvalue weighted by Gasteiger charge is -2.21. The number of hydrogen-bond donors (Lipinski definition) is 8. The van der Waals surface area contributed by atoms with Crippen LogP contribution < -0.4 is 26.0 Å². The maximum absolute atomic E-state index is 13.5. The average Bonchev–Trinajstić information content (AvgIpc) is 3.78. The van der Waals surface area contributed by atoms with Crippen molar-refractivity contribution in [3.05, 3.63) is 77.9 Å². The third kappa shape index (κ3) is 28.5. The molecule has 0 spiro atoms. The molecule has 2 atom stereocenters. The molecule has 0 saturated heterocycles. The lowest BCUT2D eigenvalue weighted by atomic mass is 9.92. The van der Waals surface area contributed by atoms with Gasteiger partial charge in [-0.3, -0.25) is 73.3 Å². The average molecular weight is 1150 g/mol. The lowest BCUT2D eigenvalue weighted by molar-refractivity contribution is -0.166. The van der Waals surface area contributed by atoms with Gasteiger partial charge in [0.25, 0.3) is 23.6 Å². The second-order valence-corrected chi connectivity index (χ2v) is 19.9. The first-order chi connectivity index (χ1) is 39.2. The van der Waals surface area contributed by atoms with Gasteiger partial charge in [-0.25, -0.2) is 20.0 Å². The first-order valence-corrected chi connectivity index (χ1v) is 27.9. The van der Waals surface area contributed by atoms with Crippen molar-refractivity contribution in [3.8, 4) is 5.75 Å². The van der Waals surface area contributed by atoms with Crippen LogP contribution in [0.5, 0.6) is 5.75 Å². The Bertz CT molecular complexity index is 2470. The summed E-state index contributed by atoms with van der Waals surface area (Å²) in [6.07, 6.45) is 8.30. The molecule has 450 valence electrons. The number of hydrogen-bond acceptors (Lipinski definition) is 16. The van der Waals surface area contributed by atoms with Crippen LogP contribution in [-0.4, -0.2) is 170 Å². The molecule has 1 heterocycles. The van der Waals surface area contributed by atoms with Crippen LogP contribution >= 0.6 is 0 Å². The van der Waals surface area contributed by atoms with Gasteiger partial charge in [0.2, 0.25) is 29.5 Å². The van der Waals surface area contributed by atoms with Gasteiger partial charge in [-0.15, -0.1) is 0 Å².